The lowest BCUT2D eigenvalue weighted by Gasteiger charge is -2.20. The molecule has 7 heteroatoms. The van der Waals surface area contributed by atoms with Gasteiger partial charge in [-0.05, 0) is 49.2 Å². The second-order valence-electron chi connectivity index (χ2n) is 5.99. The highest BCUT2D eigenvalue weighted by Crippen LogP contribution is 2.22. The summed E-state index contributed by atoms with van der Waals surface area (Å²) in [4.78, 5) is 12.6. The molecule has 2 aromatic carbocycles. The van der Waals surface area contributed by atoms with Crippen LogP contribution in [0, 0.1) is 19.7 Å². The Labute approximate surface area is 153 Å². The van der Waals surface area contributed by atoms with Crippen LogP contribution in [0.25, 0.3) is 0 Å². The summed E-state index contributed by atoms with van der Waals surface area (Å²) >= 11 is 0. The normalized spacial score (nSPS) is 11.6. The topological polar surface area (TPSA) is 66.5 Å². The van der Waals surface area contributed by atoms with Crippen LogP contribution in [0.3, 0.4) is 0 Å². The lowest BCUT2D eigenvalue weighted by molar-refractivity contribution is 0.102. The zero-order valence-electron chi connectivity index (χ0n) is 15.3. The number of sulfonamides is 1. The maximum absolute atomic E-state index is 13.6. The molecule has 0 fully saturated rings. The van der Waals surface area contributed by atoms with Crippen molar-refractivity contribution in [3.8, 4) is 0 Å². The van der Waals surface area contributed by atoms with Crippen LogP contribution in [0.1, 0.15) is 35.3 Å². The van der Waals surface area contributed by atoms with Gasteiger partial charge < -0.3 is 5.32 Å². The molecule has 26 heavy (non-hydrogen) atoms. The van der Waals surface area contributed by atoms with Gasteiger partial charge in [0.1, 0.15) is 5.82 Å². The number of halogens is 1. The molecule has 0 spiro atoms. The van der Waals surface area contributed by atoms with E-state index in [2.05, 4.69) is 5.32 Å². The Morgan fingerprint density at radius 1 is 1.04 bits per heavy atom. The Hall–Kier alpha value is -2.25. The fourth-order valence-corrected chi connectivity index (χ4v) is 4.30. The quantitative estimate of drug-likeness (QED) is 0.833. The van der Waals surface area contributed by atoms with E-state index in [4.69, 9.17) is 0 Å². The van der Waals surface area contributed by atoms with Crippen molar-refractivity contribution < 1.29 is 17.6 Å². The van der Waals surface area contributed by atoms with Crippen molar-refractivity contribution in [2.24, 2.45) is 0 Å². The van der Waals surface area contributed by atoms with Crippen LogP contribution in [0.15, 0.2) is 41.3 Å². The van der Waals surface area contributed by atoms with Crippen LogP contribution < -0.4 is 5.32 Å². The van der Waals surface area contributed by atoms with Crippen molar-refractivity contribution in [2.75, 3.05) is 18.4 Å². The molecule has 140 valence electrons. The number of rotatable bonds is 6. The predicted octanol–water partition coefficient (Wildman–Crippen LogP) is 3.73. The molecule has 0 bridgehead atoms. The largest absolute Gasteiger partial charge is 0.322 e. The molecule has 2 rings (SSSR count). The Balaban J connectivity index is 2.36. The molecule has 0 radical (unpaired) electrons. The molecule has 1 N–H and O–H groups in total. The van der Waals surface area contributed by atoms with E-state index in [1.807, 2.05) is 0 Å². The number of nitrogens with zero attached hydrogens (tertiary/aromatic N) is 1. The molecule has 0 aliphatic carbocycles. The van der Waals surface area contributed by atoms with Crippen LogP contribution in [0.4, 0.5) is 10.1 Å². The fourth-order valence-electron chi connectivity index (χ4n) is 2.60. The second-order valence-corrected chi connectivity index (χ2v) is 7.89. The van der Waals surface area contributed by atoms with Gasteiger partial charge in [-0.3, -0.25) is 4.79 Å². The maximum atomic E-state index is 13.6. The van der Waals surface area contributed by atoms with Gasteiger partial charge in [0.05, 0.1) is 4.90 Å². The zero-order valence-corrected chi connectivity index (χ0v) is 16.2. The van der Waals surface area contributed by atoms with Gasteiger partial charge in [0, 0.05) is 24.3 Å². The number of anilines is 1. The van der Waals surface area contributed by atoms with Gasteiger partial charge in [-0.15, -0.1) is 0 Å². The summed E-state index contributed by atoms with van der Waals surface area (Å²) in [7, 11) is -3.68. The lowest BCUT2D eigenvalue weighted by atomic mass is 10.1. The molecule has 0 atom stereocenters. The molecular formula is C19H23FN2O3S. The lowest BCUT2D eigenvalue weighted by Crippen LogP contribution is -2.31. The number of hydrogen-bond acceptors (Lipinski definition) is 3. The smallest absolute Gasteiger partial charge is 0.255 e. The molecular weight excluding hydrogens is 355 g/mol. The number of nitrogens with one attached hydrogen (secondary N) is 1. The van der Waals surface area contributed by atoms with Gasteiger partial charge in [0.15, 0.2) is 0 Å². The van der Waals surface area contributed by atoms with Crippen molar-refractivity contribution in [3.05, 3.63) is 58.9 Å². The first kappa shape index (κ1) is 20.1. The van der Waals surface area contributed by atoms with E-state index >= 15 is 0 Å². The molecule has 0 aromatic heterocycles. The third kappa shape index (κ3) is 4.11. The highest BCUT2D eigenvalue weighted by molar-refractivity contribution is 7.89. The van der Waals surface area contributed by atoms with Gasteiger partial charge in [-0.1, -0.05) is 26.0 Å². The second kappa shape index (κ2) is 7.97. The highest BCUT2D eigenvalue weighted by atomic mass is 32.2. The number of benzene rings is 2. The van der Waals surface area contributed by atoms with Crippen molar-refractivity contribution in [1.82, 2.24) is 4.31 Å². The minimum atomic E-state index is -3.68. The van der Waals surface area contributed by atoms with Crippen molar-refractivity contribution in [3.63, 3.8) is 0 Å². The van der Waals surface area contributed by atoms with E-state index in [9.17, 15) is 17.6 Å². The first-order chi connectivity index (χ1) is 12.2. The Morgan fingerprint density at radius 3 is 2.23 bits per heavy atom. The average molecular weight is 378 g/mol. The summed E-state index contributed by atoms with van der Waals surface area (Å²) in [6, 6.07) is 8.91. The Morgan fingerprint density at radius 2 is 1.65 bits per heavy atom. The minimum Gasteiger partial charge on any atom is -0.322 e. The van der Waals surface area contributed by atoms with Crippen molar-refractivity contribution in [2.45, 2.75) is 32.6 Å². The Kier molecular flexibility index (Phi) is 6.15. The molecule has 0 unspecified atom stereocenters. The molecule has 1 amide bonds. The monoisotopic (exact) mass is 378 g/mol. The maximum Gasteiger partial charge on any atom is 0.255 e. The van der Waals surface area contributed by atoms with Gasteiger partial charge in [0.25, 0.3) is 5.91 Å². The van der Waals surface area contributed by atoms with Gasteiger partial charge in [-0.2, -0.15) is 4.31 Å². The van der Waals surface area contributed by atoms with Crippen LogP contribution in [-0.4, -0.2) is 31.7 Å². The summed E-state index contributed by atoms with van der Waals surface area (Å²) in [5.41, 5.74) is 1.55. The third-order valence-electron chi connectivity index (χ3n) is 4.20. The first-order valence-corrected chi connectivity index (χ1v) is 9.83. The minimum absolute atomic E-state index is 0.101. The summed E-state index contributed by atoms with van der Waals surface area (Å²) in [5, 5.41) is 2.59. The summed E-state index contributed by atoms with van der Waals surface area (Å²) in [6.45, 7) is 7.53. The van der Waals surface area contributed by atoms with Crippen LogP contribution >= 0.6 is 0 Å². The molecule has 0 aliphatic heterocycles. The molecule has 0 saturated carbocycles. The van der Waals surface area contributed by atoms with E-state index < -0.39 is 21.7 Å². The SMILES string of the molecule is CCN(CC)S(=O)(=O)c1cc(C(=O)Nc2ccc(C)c(F)c2)ccc1C. The summed E-state index contributed by atoms with van der Waals surface area (Å²) in [6.07, 6.45) is 0. The number of carbonyl (C=O) groups excluding carboxylic acids is 1. The number of hydrogen-bond donors (Lipinski definition) is 1. The zero-order chi connectivity index (χ0) is 19.5. The molecule has 0 heterocycles. The fraction of sp³-hybridized carbons (Fsp3) is 0.316. The standard InChI is InChI=1S/C19H23FN2O3S/c1-5-22(6-2)26(24,25)18-11-15(9-7-14(18)4)19(23)21-16-10-8-13(3)17(20)12-16/h7-12H,5-6H2,1-4H3,(H,21,23). The highest BCUT2D eigenvalue weighted by Gasteiger charge is 2.24. The van der Waals surface area contributed by atoms with Crippen molar-refractivity contribution in [1.29, 1.82) is 0 Å². The molecule has 0 aliphatic rings. The summed E-state index contributed by atoms with van der Waals surface area (Å²) in [5.74, 6) is -0.916. The van der Waals surface area contributed by atoms with E-state index in [-0.39, 0.29) is 10.5 Å². The third-order valence-corrected chi connectivity index (χ3v) is 6.40. The predicted molar refractivity (Wildman–Crippen MR) is 100 cm³/mol. The number of carbonyl (C=O) groups is 1. The van der Waals surface area contributed by atoms with Crippen LogP contribution in [-0.2, 0) is 10.0 Å². The van der Waals surface area contributed by atoms with Crippen molar-refractivity contribution >= 4 is 21.6 Å². The van der Waals surface area contributed by atoms with E-state index in [0.29, 0.717) is 29.9 Å². The van der Waals surface area contributed by atoms with E-state index in [1.165, 1.54) is 16.4 Å². The molecule has 2 aromatic rings. The van der Waals surface area contributed by atoms with Gasteiger partial charge >= 0.3 is 0 Å². The van der Waals surface area contributed by atoms with Crippen LogP contribution in [0.2, 0.25) is 0 Å². The van der Waals surface area contributed by atoms with E-state index in [0.717, 1.165) is 0 Å². The summed E-state index contributed by atoms with van der Waals surface area (Å²) < 4.78 is 40.5. The van der Waals surface area contributed by atoms with E-state index in [1.54, 1.807) is 52.0 Å². The average Bonchev–Trinajstić information content (AvgIpc) is 2.59. The number of aryl methyl sites for hydroxylation is 2. The molecule has 5 nitrogen and oxygen atoms in total. The van der Waals surface area contributed by atoms with Gasteiger partial charge in [0.2, 0.25) is 10.0 Å². The number of amides is 1. The van der Waals surface area contributed by atoms with Crippen LogP contribution in [0.5, 0.6) is 0 Å². The molecule has 0 saturated heterocycles. The van der Waals surface area contributed by atoms with Gasteiger partial charge in [-0.25, -0.2) is 12.8 Å². The Bertz CT molecular complexity index is 922. The first-order valence-electron chi connectivity index (χ1n) is 8.39.